The molecule has 1 unspecified atom stereocenters. The predicted molar refractivity (Wildman–Crippen MR) is 171 cm³/mol. The number of fused-ring (bicyclic) bond motifs is 2. The SMILES string of the molecule is CO[C@@H](C=C(C)C)C[C@@H](C)[C@H]1CC[C@@]2(C)[C@@H]3C=CC45OC[C@]3(CC[C@]12C)[C@@H]4CC[C@H](O[C@@H]1O[C@H](CO)[C@@H](O)[C@H](O)[C@H]1O)C5(C)C. The van der Waals surface area contributed by atoms with E-state index in [-0.39, 0.29) is 28.5 Å². The summed E-state index contributed by atoms with van der Waals surface area (Å²) in [5, 5.41) is 41.1. The van der Waals surface area contributed by atoms with Crippen molar-refractivity contribution >= 4 is 0 Å². The van der Waals surface area contributed by atoms with Crippen LogP contribution in [0.4, 0.5) is 0 Å². The van der Waals surface area contributed by atoms with Gasteiger partial charge in [-0.25, -0.2) is 0 Å². The summed E-state index contributed by atoms with van der Waals surface area (Å²) in [4.78, 5) is 0. The highest BCUT2D eigenvalue weighted by Gasteiger charge is 2.75. The molecule has 1 spiro atoms. The van der Waals surface area contributed by atoms with Crippen molar-refractivity contribution in [1.29, 1.82) is 0 Å². The molecule has 0 aromatic heterocycles. The zero-order valence-corrected chi connectivity index (χ0v) is 28.9. The lowest BCUT2D eigenvalue weighted by Gasteiger charge is -2.65. The van der Waals surface area contributed by atoms with Gasteiger partial charge in [0.05, 0.1) is 31.0 Å². The van der Waals surface area contributed by atoms with E-state index < -0.39 is 48.3 Å². The molecule has 5 fully saturated rings. The van der Waals surface area contributed by atoms with Gasteiger partial charge < -0.3 is 39.4 Å². The zero-order chi connectivity index (χ0) is 32.7. The maximum Gasteiger partial charge on any atom is 0.186 e. The molecule has 256 valence electrons. The second-order valence-corrected chi connectivity index (χ2v) is 17.0. The van der Waals surface area contributed by atoms with Crippen LogP contribution in [-0.4, -0.2) is 89.3 Å². The molecule has 8 nitrogen and oxygen atoms in total. The number of methoxy groups -OCH3 is 1. The van der Waals surface area contributed by atoms with E-state index in [1.54, 1.807) is 0 Å². The number of rotatable bonds is 8. The Morgan fingerprint density at radius 3 is 2.38 bits per heavy atom. The topological polar surface area (TPSA) is 118 Å². The maximum atomic E-state index is 10.7. The average molecular weight is 633 g/mol. The largest absolute Gasteiger partial charge is 0.394 e. The van der Waals surface area contributed by atoms with Crippen LogP contribution in [0.2, 0.25) is 0 Å². The van der Waals surface area contributed by atoms with Crippen LogP contribution >= 0.6 is 0 Å². The third-order valence-electron chi connectivity index (χ3n) is 14.6. The highest BCUT2D eigenvalue weighted by molar-refractivity contribution is 5.33. The van der Waals surface area contributed by atoms with Crippen LogP contribution in [-0.2, 0) is 18.9 Å². The van der Waals surface area contributed by atoms with Crippen molar-refractivity contribution in [1.82, 2.24) is 0 Å². The van der Waals surface area contributed by atoms with Gasteiger partial charge in [0, 0.05) is 23.9 Å². The van der Waals surface area contributed by atoms with E-state index in [1.807, 2.05) is 7.11 Å². The fourth-order valence-corrected chi connectivity index (χ4v) is 11.9. The van der Waals surface area contributed by atoms with Gasteiger partial charge in [0.25, 0.3) is 0 Å². The smallest absolute Gasteiger partial charge is 0.186 e. The molecule has 0 amide bonds. The Morgan fingerprint density at radius 2 is 1.71 bits per heavy atom. The number of hydrogen-bond donors (Lipinski definition) is 4. The lowest BCUT2D eigenvalue weighted by atomic mass is 9.38. The standard InChI is InChI=1S/C37H60O8/c1-21(2)17-23(42-8)18-22(3)24-11-13-35(7)26-12-14-37-27(36(26,20-43-37)16-15-34(24,35)6)9-10-28(33(37,4)5)45-32-31(41)30(40)29(39)25(19-38)44-32/h12,14,17,22-32,38-41H,9-11,13,15-16,18-20H2,1-8H3/t22-,23+,24-,25-,26+,27+,28+,29-,30+,31-,32+,34-,35+,36+,37?/m1/s1. The van der Waals surface area contributed by atoms with Gasteiger partial charge in [-0.3, -0.25) is 0 Å². The summed E-state index contributed by atoms with van der Waals surface area (Å²) in [5.74, 6) is 2.06. The van der Waals surface area contributed by atoms with Crippen molar-refractivity contribution in [3.8, 4) is 0 Å². The molecule has 45 heavy (non-hydrogen) atoms. The van der Waals surface area contributed by atoms with Crippen molar-refractivity contribution in [3.05, 3.63) is 23.8 Å². The fraction of sp³-hybridized carbons (Fsp3) is 0.892. The Labute approximate surface area is 270 Å². The second kappa shape index (κ2) is 11.6. The summed E-state index contributed by atoms with van der Waals surface area (Å²) >= 11 is 0. The molecular weight excluding hydrogens is 572 g/mol. The minimum atomic E-state index is -1.46. The van der Waals surface area contributed by atoms with Crippen LogP contribution in [0.1, 0.15) is 93.4 Å². The summed E-state index contributed by atoms with van der Waals surface area (Å²) in [6.07, 6.45) is 8.34. The first-order valence-electron chi connectivity index (χ1n) is 17.6. The summed E-state index contributed by atoms with van der Waals surface area (Å²) in [5.41, 5.74) is 0.902. The van der Waals surface area contributed by atoms with E-state index in [0.29, 0.717) is 23.7 Å². The maximum absolute atomic E-state index is 10.7. The number of aliphatic hydroxyl groups is 4. The molecule has 6 rings (SSSR count). The summed E-state index contributed by atoms with van der Waals surface area (Å²) in [7, 11) is 1.84. The van der Waals surface area contributed by atoms with Crippen LogP contribution in [0.3, 0.4) is 0 Å². The average Bonchev–Trinajstić information content (AvgIpc) is 3.39. The van der Waals surface area contributed by atoms with Gasteiger partial charge in [0.2, 0.25) is 0 Å². The van der Waals surface area contributed by atoms with Crippen LogP contribution in [0, 0.1) is 45.3 Å². The van der Waals surface area contributed by atoms with Crippen LogP contribution in [0.25, 0.3) is 0 Å². The molecule has 2 aliphatic heterocycles. The van der Waals surface area contributed by atoms with Gasteiger partial charge in [-0.1, -0.05) is 58.4 Å². The molecule has 4 aliphatic carbocycles. The van der Waals surface area contributed by atoms with Crippen molar-refractivity contribution in [2.24, 2.45) is 45.3 Å². The van der Waals surface area contributed by atoms with Gasteiger partial charge in [0.15, 0.2) is 6.29 Å². The van der Waals surface area contributed by atoms with Crippen LogP contribution in [0.5, 0.6) is 0 Å². The third kappa shape index (κ3) is 4.74. The van der Waals surface area contributed by atoms with Gasteiger partial charge >= 0.3 is 0 Å². The lowest BCUT2D eigenvalue weighted by molar-refractivity contribution is -0.329. The van der Waals surface area contributed by atoms with Crippen molar-refractivity contribution < 1.29 is 39.4 Å². The van der Waals surface area contributed by atoms with E-state index in [2.05, 4.69) is 66.7 Å². The quantitative estimate of drug-likeness (QED) is 0.283. The number of aliphatic hydroxyl groups excluding tert-OH is 4. The Bertz CT molecular complexity index is 1160. The van der Waals surface area contributed by atoms with E-state index in [4.69, 9.17) is 18.9 Å². The molecular formula is C37H60O8. The Hall–Kier alpha value is -0.840. The van der Waals surface area contributed by atoms with Crippen molar-refractivity contribution in [2.45, 2.75) is 142 Å². The fourth-order valence-electron chi connectivity index (χ4n) is 11.9. The van der Waals surface area contributed by atoms with Gasteiger partial charge in [-0.2, -0.15) is 0 Å². The van der Waals surface area contributed by atoms with E-state index >= 15 is 0 Å². The second-order valence-electron chi connectivity index (χ2n) is 17.0. The van der Waals surface area contributed by atoms with Gasteiger partial charge in [0.1, 0.15) is 24.4 Å². The molecule has 2 bridgehead atoms. The summed E-state index contributed by atoms with van der Waals surface area (Å²) in [6, 6.07) is 0. The lowest BCUT2D eigenvalue weighted by Crippen LogP contribution is -2.66. The molecule has 0 radical (unpaired) electrons. The number of ether oxygens (including phenoxy) is 4. The zero-order valence-electron chi connectivity index (χ0n) is 28.9. The van der Waals surface area contributed by atoms with Crippen molar-refractivity contribution in [2.75, 3.05) is 20.3 Å². The normalized spacial score (nSPS) is 51.2. The van der Waals surface area contributed by atoms with E-state index in [1.165, 1.54) is 31.3 Å². The monoisotopic (exact) mass is 632 g/mol. The first-order chi connectivity index (χ1) is 21.1. The van der Waals surface area contributed by atoms with Crippen molar-refractivity contribution in [3.63, 3.8) is 0 Å². The first-order valence-corrected chi connectivity index (χ1v) is 17.6. The molecule has 8 heteroatoms. The Balaban J connectivity index is 1.25. The van der Waals surface area contributed by atoms with Crippen LogP contribution in [0.15, 0.2) is 23.8 Å². The molecule has 0 aromatic rings. The Kier molecular flexibility index (Phi) is 8.81. The van der Waals surface area contributed by atoms with Gasteiger partial charge in [-0.05, 0) is 87.4 Å². The Morgan fingerprint density at radius 1 is 0.978 bits per heavy atom. The van der Waals surface area contributed by atoms with E-state index in [9.17, 15) is 20.4 Å². The molecule has 6 aliphatic rings. The number of allylic oxidation sites excluding steroid dienone is 2. The molecule has 15 atom stereocenters. The molecule has 3 saturated carbocycles. The van der Waals surface area contributed by atoms with Crippen LogP contribution < -0.4 is 0 Å². The van der Waals surface area contributed by atoms with Gasteiger partial charge in [-0.15, -0.1) is 0 Å². The summed E-state index contributed by atoms with van der Waals surface area (Å²) < 4.78 is 25.2. The highest BCUT2D eigenvalue weighted by Crippen LogP contribution is 2.77. The number of hydrogen-bond acceptors (Lipinski definition) is 8. The first kappa shape index (κ1) is 34.0. The minimum Gasteiger partial charge on any atom is -0.394 e. The predicted octanol–water partition coefficient (Wildman–Crippen LogP) is 4.77. The molecule has 2 heterocycles. The molecule has 4 N–H and O–H groups in total. The minimum absolute atomic E-state index is 0.0869. The molecule has 0 aromatic carbocycles. The third-order valence-corrected chi connectivity index (χ3v) is 14.6. The highest BCUT2D eigenvalue weighted by atomic mass is 16.7. The molecule has 2 saturated heterocycles. The van der Waals surface area contributed by atoms with E-state index in [0.717, 1.165) is 25.9 Å². The summed E-state index contributed by atoms with van der Waals surface area (Å²) in [6.45, 7) is 16.6.